The Kier molecular flexibility index (Phi) is 4.60. The zero-order chi connectivity index (χ0) is 25.0. The number of alkyl halides is 3. The van der Waals surface area contributed by atoms with Gasteiger partial charge in [-0.2, -0.15) is 13.2 Å². The van der Waals surface area contributed by atoms with E-state index >= 15 is 0 Å². The molecular formula is C24H24F5N3O2. The van der Waals surface area contributed by atoms with Crippen LogP contribution in [0.25, 0.3) is 0 Å². The second kappa shape index (κ2) is 6.84. The first kappa shape index (κ1) is 22.9. The lowest BCUT2D eigenvalue weighted by Gasteiger charge is -2.49. The third-order valence-electron chi connectivity index (χ3n) is 7.14. The first-order valence-corrected chi connectivity index (χ1v) is 10.8. The number of benzene rings is 2. The molecule has 3 atom stereocenters. The van der Waals surface area contributed by atoms with Crippen molar-refractivity contribution in [3.63, 3.8) is 0 Å². The largest absolute Gasteiger partial charge is 0.496 e. The molecule has 3 unspecified atom stereocenters. The van der Waals surface area contributed by atoms with Crippen LogP contribution in [-0.2, 0) is 5.41 Å². The Balaban J connectivity index is 1.96. The van der Waals surface area contributed by atoms with Crippen LogP contribution in [0.15, 0.2) is 17.1 Å². The summed E-state index contributed by atoms with van der Waals surface area (Å²) in [5, 5.41) is 16.7. The van der Waals surface area contributed by atoms with Crippen molar-refractivity contribution in [3.05, 3.63) is 51.6 Å². The van der Waals surface area contributed by atoms with Crippen LogP contribution in [0.2, 0.25) is 0 Å². The third kappa shape index (κ3) is 2.84. The van der Waals surface area contributed by atoms with Gasteiger partial charge in [0.1, 0.15) is 11.8 Å². The normalized spacial score (nSPS) is 26.4. The zero-order valence-corrected chi connectivity index (χ0v) is 19.2. The molecule has 2 aromatic carbocycles. The summed E-state index contributed by atoms with van der Waals surface area (Å²) < 4.78 is 78.5. The zero-order valence-electron chi connectivity index (χ0n) is 19.2. The van der Waals surface area contributed by atoms with Crippen LogP contribution in [0.3, 0.4) is 0 Å². The molecule has 2 aliphatic heterocycles. The quantitative estimate of drug-likeness (QED) is 0.460. The highest BCUT2D eigenvalue weighted by Gasteiger charge is 2.65. The molecule has 0 bridgehead atoms. The number of rotatable bonds is 1. The van der Waals surface area contributed by atoms with E-state index < -0.39 is 47.3 Å². The summed E-state index contributed by atoms with van der Waals surface area (Å²) in [5.41, 5.74) is -2.66. The molecular weight excluding hydrogens is 457 g/mol. The molecule has 1 aliphatic carbocycles. The van der Waals surface area contributed by atoms with Gasteiger partial charge in [-0.25, -0.2) is 8.78 Å². The van der Waals surface area contributed by atoms with Gasteiger partial charge in [-0.3, -0.25) is 4.99 Å². The molecule has 3 aliphatic rings. The van der Waals surface area contributed by atoms with Crippen LogP contribution < -0.4 is 15.4 Å². The SMILES string of the molecule is COc1c(C)cc2c3c1C(C)(C)CC(O)(C(F)(F)F)C3Nc1cc(F)c(F)c3c1C2N=C(C)N3. The molecule has 34 heavy (non-hydrogen) atoms. The number of methoxy groups -OCH3 is 1. The minimum absolute atomic E-state index is 0.0613. The molecule has 5 nitrogen and oxygen atoms in total. The Hall–Kier alpha value is -2.88. The number of nitrogens with zero attached hydrogens (tertiary/aromatic N) is 1. The van der Waals surface area contributed by atoms with Gasteiger partial charge in [0.2, 0.25) is 0 Å². The van der Waals surface area contributed by atoms with Crippen molar-refractivity contribution in [1.82, 2.24) is 0 Å². The predicted octanol–water partition coefficient (Wildman–Crippen LogP) is 5.66. The highest BCUT2D eigenvalue weighted by Crippen LogP contribution is 2.61. The lowest BCUT2D eigenvalue weighted by molar-refractivity contribution is -0.276. The van der Waals surface area contributed by atoms with Gasteiger partial charge >= 0.3 is 6.18 Å². The molecule has 0 saturated carbocycles. The molecule has 3 N–H and O–H groups in total. The number of hydrogen-bond acceptors (Lipinski definition) is 5. The summed E-state index contributed by atoms with van der Waals surface area (Å²) in [6.07, 6.45) is -5.68. The number of nitrogens with one attached hydrogen (secondary N) is 2. The van der Waals surface area contributed by atoms with E-state index in [-0.39, 0.29) is 28.3 Å². The second-order valence-corrected chi connectivity index (χ2v) is 9.92. The van der Waals surface area contributed by atoms with Crippen molar-refractivity contribution < 1.29 is 31.8 Å². The van der Waals surface area contributed by atoms with E-state index in [9.17, 15) is 27.1 Å². The van der Waals surface area contributed by atoms with Crippen molar-refractivity contribution >= 4 is 17.2 Å². The van der Waals surface area contributed by atoms with Crippen molar-refractivity contribution in [2.75, 3.05) is 17.7 Å². The van der Waals surface area contributed by atoms with Crippen LogP contribution >= 0.6 is 0 Å². The van der Waals surface area contributed by atoms with E-state index in [0.29, 0.717) is 22.4 Å². The number of fused-ring (bicyclic) bond motifs is 1. The first-order chi connectivity index (χ1) is 15.7. The summed E-state index contributed by atoms with van der Waals surface area (Å²) >= 11 is 0. The summed E-state index contributed by atoms with van der Waals surface area (Å²) in [6.45, 7) is 6.59. The van der Waals surface area contributed by atoms with E-state index in [1.165, 1.54) is 7.11 Å². The number of anilines is 2. The van der Waals surface area contributed by atoms with E-state index in [0.717, 1.165) is 6.07 Å². The lowest BCUT2D eigenvalue weighted by atomic mass is 9.61. The number of aliphatic hydroxyl groups is 1. The molecule has 0 spiro atoms. The van der Waals surface area contributed by atoms with E-state index in [4.69, 9.17) is 4.74 Å². The van der Waals surface area contributed by atoms with Gasteiger partial charge in [0, 0.05) is 22.9 Å². The molecule has 2 heterocycles. The highest BCUT2D eigenvalue weighted by molar-refractivity contribution is 5.98. The fraction of sp³-hybridized carbons (Fsp3) is 0.458. The number of aliphatic imine (C=N–C) groups is 1. The smallest absolute Gasteiger partial charge is 0.419 e. The van der Waals surface area contributed by atoms with Crippen LogP contribution in [0.1, 0.15) is 67.1 Å². The average Bonchev–Trinajstić information content (AvgIpc) is 2.84. The summed E-state index contributed by atoms with van der Waals surface area (Å²) in [4.78, 5) is 4.59. The maximum Gasteiger partial charge on any atom is 0.419 e. The van der Waals surface area contributed by atoms with Crippen LogP contribution in [-0.4, -0.2) is 29.8 Å². The number of aryl methyl sites for hydroxylation is 1. The van der Waals surface area contributed by atoms with Crippen LogP contribution in [0.5, 0.6) is 5.75 Å². The number of amidine groups is 1. The Morgan fingerprint density at radius 2 is 1.82 bits per heavy atom. The fourth-order valence-corrected chi connectivity index (χ4v) is 5.89. The maximum atomic E-state index is 14.8. The molecule has 0 radical (unpaired) electrons. The summed E-state index contributed by atoms with van der Waals surface area (Å²) in [6, 6.07) is -0.124. The van der Waals surface area contributed by atoms with Gasteiger partial charge < -0.3 is 20.5 Å². The minimum Gasteiger partial charge on any atom is -0.496 e. The lowest BCUT2D eigenvalue weighted by Crippen LogP contribution is -2.58. The fourth-order valence-electron chi connectivity index (χ4n) is 5.89. The number of ether oxygens (including phenoxy) is 1. The predicted molar refractivity (Wildman–Crippen MR) is 118 cm³/mol. The summed E-state index contributed by atoms with van der Waals surface area (Å²) in [5.74, 6) is -1.67. The Bertz CT molecular complexity index is 1270. The van der Waals surface area contributed by atoms with Crippen LogP contribution in [0, 0.1) is 18.6 Å². The van der Waals surface area contributed by atoms with Gasteiger partial charge in [-0.1, -0.05) is 13.8 Å². The monoisotopic (exact) mass is 481 g/mol. The Morgan fingerprint density at radius 1 is 1.15 bits per heavy atom. The standard InChI is InChI=1S/C24H24F5N3O2/c1-9-6-11-14-16(20(9)34-5)22(3,4)8-23(33,24(27,28)29)21(14)32-13-7-12(25)17(26)19-15(13)18(11)30-10(2)31-19/h6-7,18,21,32-33H,8H2,1-5H3,(H,30,31). The Labute approximate surface area is 193 Å². The molecule has 5 rings (SSSR count). The first-order valence-electron chi connectivity index (χ1n) is 10.8. The molecule has 0 fully saturated rings. The molecule has 0 amide bonds. The number of halogens is 5. The third-order valence-corrected chi connectivity index (χ3v) is 7.14. The van der Waals surface area contributed by atoms with Gasteiger partial charge in [-0.15, -0.1) is 0 Å². The van der Waals surface area contributed by atoms with E-state index in [2.05, 4.69) is 15.6 Å². The minimum atomic E-state index is -5.02. The van der Waals surface area contributed by atoms with Crippen molar-refractivity contribution in [3.8, 4) is 5.75 Å². The van der Waals surface area contributed by atoms with Crippen molar-refractivity contribution in [2.24, 2.45) is 4.99 Å². The maximum absolute atomic E-state index is 14.8. The van der Waals surface area contributed by atoms with Gasteiger partial charge in [0.05, 0.1) is 24.7 Å². The van der Waals surface area contributed by atoms with Gasteiger partial charge in [-0.05, 0) is 48.4 Å². The van der Waals surface area contributed by atoms with E-state index in [1.54, 1.807) is 33.8 Å². The van der Waals surface area contributed by atoms with Crippen LogP contribution in [0.4, 0.5) is 33.3 Å². The summed E-state index contributed by atoms with van der Waals surface area (Å²) in [7, 11) is 1.44. The van der Waals surface area contributed by atoms with Gasteiger partial charge in [0.25, 0.3) is 0 Å². The second-order valence-electron chi connectivity index (χ2n) is 9.92. The van der Waals surface area contributed by atoms with E-state index in [1.807, 2.05) is 0 Å². The molecule has 0 aromatic heterocycles. The average molecular weight is 481 g/mol. The van der Waals surface area contributed by atoms with Gasteiger partial charge in [0.15, 0.2) is 17.2 Å². The highest BCUT2D eigenvalue weighted by atomic mass is 19.4. The molecule has 0 saturated heterocycles. The number of hydrogen-bond donors (Lipinski definition) is 3. The molecule has 2 aromatic rings. The topological polar surface area (TPSA) is 65.9 Å². The van der Waals surface area contributed by atoms with Crippen molar-refractivity contribution in [1.29, 1.82) is 0 Å². The molecule has 10 heteroatoms. The molecule has 182 valence electrons. The Morgan fingerprint density at radius 3 is 2.44 bits per heavy atom. The van der Waals surface area contributed by atoms with Crippen molar-refractivity contribution in [2.45, 2.75) is 63.4 Å².